The summed E-state index contributed by atoms with van der Waals surface area (Å²) in [5, 5.41) is 4.76. The van der Waals surface area contributed by atoms with E-state index in [9.17, 15) is 13.2 Å². The molecule has 0 aromatic heterocycles. The maximum absolute atomic E-state index is 11.9. The molecule has 1 aliphatic heterocycles. The van der Waals surface area contributed by atoms with Crippen LogP contribution < -0.4 is 15.4 Å². The lowest BCUT2D eigenvalue weighted by atomic mass is 10.2. The van der Waals surface area contributed by atoms with Crippen LogP contribution >= 0.6 is 23.2 Å². The molecule has 116 valence electrons. The van der Waals surface area contributed by atoms with Crippen LogP contribution in [0.1, 0.15) is 0 Å². The van der Waals surface area contributed by atoms with Gasteiger partial charge in [-0.2, -0.15) is 0 Å². The van der Waals surface area contributed by atoms with Crippen molar-refractivity contribution in [2.24, 2.45) is 0 Å². The van der Waals surface area contributed by atoms with Crippen molar-refractivity contribution >= 4 is 44.8 Å². The van der Waals surface area contributed by atoms with Gasteiger partial charge in [0.2, 0.25) is 0 Å². The number of methoxy groups -OCH3 is 1. The predicted molar refractivity (Wildman–Crippen MR) is 82.2 cm³/mol. The second kappa shape index (κ2) is 6.29. The van der Waals surface area contributed by atoms with Gasteiger partial charge in [0.1, 0.15) is 5.75 Å². The van der Waals surface area contributed by atoms with Crippen molar-refractivity contribution in [3.05, 3.63) is 23.2 Å². The van der Waals surface area contributed by atoms with Crippen LogP contribution in [0.15, 0.2) is 18.2 Å². The Balaban J connectivity index is 1.99. The number of hydrogen-bond acceptors (Lipinski definition) is 4. The van der Waals surface area contributed by atoms with Gasteiger partial charge in [-0.25, -0.2) is 13.2 Å². The molecule has 6 nitrogen and oxygen atoms in total. The summed E-state index contributed by atoms with van der Waals surface area (Å²) in [7, 11) is -1.69. The minimum atomic E-state index is -3.20. The molecule has 1 heterocycles. The molecule has 2 rings (SSSR count). The fourth-order valence-electron chi connectivity index (χ4n) is 1.99. The molecule has 2 amide bonds. The molecular weight excluding hydrogens is 339 g/mol. The summed E-state index contributed by atoms with van der Waals surface area (Å²) >= 11 is 11.9. The normalized spacial score (nSPS) is 23.6. The van der Waals surface area contributed by atoms with Crippen molar-refractivity contribution in [3.8, 4) is 5.75 Å². The average molecular weight is 353 g/mol. The first kappa shape index (κ1) is 16.2. The number of urea groups is 1. The van der Waals surface area contributed by atoms with Gasteiger partial charge in [-0.1, -0.05) is 11.6 Å². The highest BCUT2D eigenvalue weighted by Crippen LogP contribution is 2.26. The number of ether oxygens (including phenoxy) is 1. The Morgan fingerprint density at radius 3 is 2.62 bits per heavy atom. The van der Waals surface area contributed by atoms with E-state index in [1.807, 2.05) is 0 Å². The molecule has 2 atom stereocenters. The first-order valence-electron chi connectivity index (χ1n) is 6.06. The maximum atomic E-state index is 11.9. The number of rotatable bonds is 3. The summed E-state index contributed by atoms with van der Waals surface area (Å²) < 4.78 is 27.9. The second-order valence-electron chi connectivity index (χ2n) is 4.64. The Morgan fingerprint density at radius 1 is 1.38 bits per heavy atom. The predicted octanol–water partition coefficient (Wildman–Crippen LogP) is 1.87. The van der Waals surface area contributed by atoms with Crippen LogP contribution in [0.25, 0.3) is 0 Å². The molecule has 1 aromatic rings. The van der Waals surface area contributed by atoms with Gasteiger partial charge in [-0.15, -0.1) is 11.6 Å². The average Bonchev–Trinajstić information content (AvgIpc) is 2.64. The molecule has 0 unspecified atom stereocenters. The van der Waals surface area contributed by atoms with Crippen molar-refractivity contribution in [1.29, 1.82) is 0 Å². The van der Waals surface area contributed by atoms with Crippen LogP contribution in [0.3, 0.4) is 0 Å². The van der Waals surface area contributed by atoms with Crippen LogP contribution in [0.2, 0.25) is 5.02 Å². The van der Waals surface area contributed by atoms with Gasteiger partial charge in [0.05, 0.1) is 40.7 Å². The quantitative estimate of drug-likeness (QED) is 0.813. The fraction of sp³-hybridized carbons (Fsp3) is 0.417. The number of benzene rings is 1. The van der Waals surface area contributed by atoms with Crippen LogP contribution in [-0.2, 0) is 9.84 Å². The van der Waals surface area contributed by atoms with Crippen molar-refractivity contribution in [3.63, 3.8) is 0 Å². The smallest absolute Gasteiger partial charge is 0.319 e. The highest BCUT2D eigenvalue weighted by atomic mass is 35.5. The summed E-state index contributed by atoms with van der Waals surface area (Å²) in [6.45, 7) is 0. The van der Waals surface area contributed by atoms with Crippen LogP contribution in [0.5, 0.6) is 5.75 Å². The highest BCUT2D eigenvalue weighted by molar-refractivity contribution is 7.91. The van der Waals surface area contributed by atoms with E-state index in [1.54, 1.807) is 18.2 Å². The first-order valence-corrected chi connectivity index (χ1v) is 8.70. The van der Waals surface area contributed by atoms with Gasteiger partial charge >= 0.3 is 6.03 Å². The Labute approximate surface area is 132 Å². The summed E-state index contributed by atoms with van der Waals surface area (Å²) in [6, 6.07) is 3.61. The third-order valence-electron chi connectivity index (χ3n) is 3.02. The third kappa shape index (κ3) is 4.15. The molecule has 21 heavy (non-hydrogen) atoms. The van der Waals surface area contributed by atoms with Gasteiger partial charge in [0, 0.05) is 6.07 Å². The molecule has 0 saturated carbocycles. The minimum Gasteiger partial charge on any atom is -0.497 e. The molecule has 2 N–H and O–H groups in total. The zero-order chi connectivity index (χ0) is 15.6. The zero-order valence-corrected chi connectivity index (χ0v) is 13.4. The molecule has 9 heteroatoms. The molecule has 1 aromatic carbocycles. The molecule has 1 saturated heterocycles. The van der Waals surface area contributed by atoms with E-state index in [2.05, 4.69) is 10.6 Å². The van der Waals surface area contributed by atoms with E-state index in [-0.39, 0.29) is 11.5 Å². The van der Waals surface area contributed by atoms with E-state index in [1.165, 1.54) is 7.11 Å². The number of amides is 2. The third-order valence-corrected chi connectivity index (χ3v) is 5.71. The van der Waals surface area contributed by atoms with Gasteiger partial charge < -0.3 is 15.4 Å². The topological polar surface area (TPSA) is 84.5 Å². The maximum Gasteiger partial charge on any atom is 0.319 e. The van der Waals surface area contributed by atoms with Gasteiger partial charge in [0.15, 0.2) is 9.84 Å². The lowest BCUT2D eigenvalue weighted by Gasteiger charge is -2.15. The number of alkyl halides is 1. The molecule has 0 aliphatic carbocycles. The SMILES string of the molecule is COc1ccc(NC(=O)N[C@H]2CS(=O)(=O)C[C@H]2Cl)c(Cl)c1. The van der Waals surface area contributed by atoms with Crippen molar-refractivity contribution in [2.45, 2.75) is 11.4 Å². The number of nitrogens with one attached hydrogen (secondary N) is 2. The van der Waals surface area contributed by atoms with E-state index in [0.717, 1.165) is 0 Å². The Hall–Kier alpha value is -1.18. The van der Waals surface area contributed by atoms with Crippen molar-refractivity contribution in [2.75, 3.05) is 23.9 Å². The highest BCUT2D eigenvalue weighted by Gasteiger charge is 2.37. The largest absolute Gasteiger partial charge is 0.497 e. The molecular formula is C12H14Cl2N2O4S. The van der Waals surface area contributed by atoms with Crippen LogP contribution in [-0.4, -0.2) is 44.5 Å². The number of carbonyl (C=O) groups excluding carboxylic acids is 1. The number of carbonyl (C=O) groups is 1. The molecule has 0 radical (unpaired) electrons. The lowest BCUT2D eigenvalue weighted by molar-refractivity contribution is 0.249. The van der Waals surface area contributed by atoms with Crippen molar-refractivity contribution < 1.29 is 17.9 Å². The van der Waals surface area contributed by atoms with Crippen molar-refractivity contribution in [1.82, 2.24) is 5.32 Å². The van der Waals surface area contributed by atoms with E-state index >= 15 is 0 Å². The van der Waals surface area contributed by atoms with E-state index < -0.39 is 27.3 Å². The second-order valence-corrected chi connectivity index (χ2v) is 7.77. The summed E-state index contributed by atoms with van der Waals surface area (Å²) in [4.78, 5) is 11.9. The zero-order valence-electron chi connectivity index (χ0n) is 11.1. The Morgan fingerprint density at radius 2 is 2.10 bits per heavy atom. The van der Waals surface area contributed by atoms with Gasteiger partial charge in [-0.05, 0) is 12.1 Å². The summed E-state index contributed by atoms with van der Waals surface area (Å²) in [5.74, 6) is 0.266. The van der Waals surface area contributed by atoms with E-state index in [4.69, 9.17) is 27.9 Å². The standard InChI is InChI=1S/C12H14Cl2N2O4S/c1-20-7-2-3-10(8(13)4-7)15-12(17)16-11-6-21(18,19)5-9(11)14/h2-4,9,11H,5-6H2,1H3,(H2,15,16,17)/t9-,11+/m1/s1. The minimum absolute atomic E-state index is 0.136. The lowest BCUT2D eigenvalue weighted by Crippen LogP contribution is -2.42. The Kier molecular flexibility index (Phi) is 4.85. The van der Waals surface area contributed by atoms with Crippen LogP contribution in [0.4, 0.5) is 10.5 Å². The Bertz CT molecular complexity index is 651. The summed E-state index contributed by atoms with van der Waals surface area (Å²) in [5.41, 5.74) is 0.391. The molecule has 1 fully saturated rings. The van der Waals surface area contributed by atoms with Gasteiger partial charge in [0.25, 0.3) is 0 Å². The molecule has 0 spiro atoms. The van der Waals surface area contributed by atoms with Crippen LogP contribution in [0, 0.1) is 0 Å². The number of sulfone groups is 1. The molecule has 1 aliphatic rings. The molecule has 0 bridgehead atoms. The monoisotopic (exact) mass is 352 g/mol. The number of halogens is 2. The van der Waals surface area contributed by atoms with E-state index in [0.29, 0.717) is 16.5 Å². The number of hydrogen-bond donors (Lipinski definition) is 2. The first-order chi connectivity index (χ1) is 9.80. The summed E-state index contributed by atoms with van der Waals surface area (Å²) in [6.07, 6.45) is 0. The number of anilines is 1. The van der Waals surface area contributed by atoms with Gasteiger partial charge in [-0.3, -0.25) is 0 Å². The fourth-order valence-corrected chi connectivity index (χ4v) is 4.76.